The minimum Gasteiger partial charge on any atom is -0.480 e. The van der Waals surface area contributed by atoms with Crippen LogP contribution in [0.2, 0.25) is 0 Å². The van der Waals surface area contributed by atoms with E-state index in [4.69, 9.17) is 5.11 Å². The van der Waals surface area contributed by atoms with Crippen LogP contribution in [-0.2, 0) is 4.79 Å². The molecule has 1 rings (SSSR count). The van der Waals surface area contributed by atoms with Gasteiger partial charge in [-0.15, -0.1) is 6.58 Å². The van der Waals surface area contributed by atoms with Gasteiger partial charge in [0.15, 0.2) is 0 Å². The first-order valence-corrected chi connectivity index (χ1v) is 4.88. The molecule has 0 aliphatic heterocycles. The molecule has 0 spiro atoms. The number of pyridine rings is 1. The first-order chi connectivity index (χ1) is 8.04. The average molecular weight is 236 g/mol. The summed E-state index contributed by atoms with van der Waals surface area (Å²) in [6.07, 6.45) is 1.50. The van der Waals surface area contributed by atoms with Crippen molar-refractivity contribution in [3.05, 3.63) is 46.9 Å². The van der Waals surface area contributed by atoms with Gasteiger partial charge in [0.25, 0.3) is 5.91 Å². The fourth-order valence-electron chi connectivity index (χ4n) is 1.20. The molecule has 0 bridgehead atoms. The van der Waals surface area contributed by atoms with Crippen molar-refractivity contribution in [3.63, 3.8) is 0 Å². The van der Waals surface area contributed by atoms with Crippen LogP contribution in [0.5, 0.6) is 0 Å². The van der Waals surface area contributed by atoms with E-state index < -0.39 is 23.5 Å². The highest BCUT2D eigenvalue weighted by Crippen LogP contribution is 1.97. The fraction of sp³-hybridized carbons (Fsp3) is 0.182. The number of carbonyl (C=O) groups excluding carboxylic acids is 1. The Balaban J connectivity index is 2.80. The number of aromatic nitrogens is 1. The zero-order valence-electron chi connectivity index (χ0n) is 8.97. The van der Waals surface area contributed by atoms with E-state index in [1.165, 1.54) is 24.3 Å². The van der Waals surface area contributed by atoms with Gasteiger partial charge in [-0.1, -0.05) is 12.1 Å². The topological polar surface area (TPSA) is 99.3 Å². The minimum atomic E-state index is -1.16. The summed E-state index contributed by atoms with van der Waals surface area (Å²) in [5.41, 5.74) is -0.402. The molecule has 3 N–H and O–H groups in total. The minimum absolute atomic E-state index is 0.0211. The second kappa shape index (κ2) is 5.64. The lowest BCUT2D eigenvalue weighted by Gasteiger charge is -2.11. The number of rotatable bonds is 5. The van der Waals surface area contributed by atoms with Gasteiger partial charge in [0.05, 0.1) is 0 Å². The highest BCUT2D eigenvalue weighted by molar-refractivity contribution is 5.94. The van der Waals surface area contributed by atoms with Crippen LogP contribution in [0, 0.1) is 0 Å². The SMILES string of the molecule is C=CCC(NC(=O)c1cccc(=O)[nH]1)C(=O)O. The number of hydrogen-bond acceptors (Lipinski definition) is 3. The van der Waals surface area contributed by atoms with Crippen molar-refractivity contribution in [2.24, 2.45) is 0 Å². The molecule has 0 radical (unpaired) electrons. The largest absolute Gasteiger partial charge is 0.480 e. The Bertz CT molecular complexity index is 492. The van der Waals surface area contributed by atoms with Gasteiger partial charge in [-0.2, -0.15) is 0 Å². The lowest BCUT2D eigenvalue weighted by atomic mass is 10.2. The molecule has 0 aromatic carbocycles. The Morgan fingerprint density at radius 3 is 2.76 bits per heavy atom. The number of H-pyrrole nitrogens is 1. The quantitative estimate of drug-likeness (QED) is 0.633. The molecule has 1 amide bonds. The van der Waals surface area contributed by atoms with Crippen molar-refractivity contribution in [2.45, 2.75) is 12.5 Å². The van der Waals surface area contributed by atoms with Crippen molar-refractivity contribution >= 4 is 11.9 Å². The summed E-state index contributed by atoms with van der Waals surface area (Å²) in [4.78, 5) is 35.7. The Morgan fingerprint density at radius 1 is 1.53 bits per heavy atom. The maximum Gasteiger partial charge on any atom is 0.326 e. The molecule has 0 aliphatic carbocycles. The number of carbonyl (C=O) groups is 2. The van der Waals surface area contributed by atoms with E-state index in [-0.39, 0.29) is 12.1 Å². The van der Waals surface area contributed by atoms with Crippen LogP contribution < -0.4 is 10.9 Å². The first kappa shape index (κ1) is 12.7. The third-order valence-electron chi connectivity index (χ3n) is 2.02. The Hall–Kier alpha value is -2.37. The maximum absolute atomic E-state index is 11.6. The second-order valence-electron chi connectivity index (χ2n) is 3.32. The molecule has 1 heterocycles. The number of amides is 1. The van der Waals surface area contributed by atoms with E-state index in [1.807, 2.05) is 0 Å². The molecule has 6 nitrogen and oxygen atoms in total. The highest BCUT2D eigenvalue weighted by Gasteiger charge is 2.19. The fourth-order valence-corrected chi connectivity index (χ4v) is 1.20. The molecule has 0 saturated carbocycles. The highest BCUT2D eigenvalue weighted by atomic mass is 16.4. The van der Waals surface area contributed by atoms with Crippen molar-refractivity contribution in [1.82, 2.24) is 10.3 Å². The van der Waals surface area contributed by atoms with E-state index in [9.17, 15) is 14.4 Å². The molecular weight excluding hydrogens is 224 g/mol. The van der Waals surface area contributed by atoms with E-state index >= 15 is 0 Å². The Labute approximate surface area is 97.0 Å². The van der Waals surface area contributed by atoms with E-state index in [2.05, 4.69) is 16.9 Å². The van der Waals surface area contributed by atoms with Crippen LogP contribution in [0.15, 0.2) is 35.6 Å². The van der Waals surface area contributed by atoms with Gasteiger partial charge in [0, 0.05) is 6.07 Å². The van der Waals surface area contributed by atoms with Gasteiger partial charge < -0.3 is 15.4 Å². The van der Waals surface area contributed by atoms with Crippen LogP contribution in [0.1, 0.15) is 16.9 Å². The first-order valence-electron chi connectivity index (χ1n) is 4.88. The summed E-state index contributed by atoms with van der Waals surface area (Å²) < 4.78 is 0. The predicted molar refractivity (Wildman–Crippen MR) is 60.8 cm³/mol. The number of nitrogens with one attached hydrogen (secondary N) is 2. The van der Waals surface area contributed by atoms with Crippen molar-refractivity contribution in [3.8, 4) is 0 Å². The van der Waals surface area contributed by atoms with Crippen LogP contribution >= 0.6 is 0 Å². The molecule has 0 saturated heterocycles. The Kier molecular flexibility index (Phi) is 4.21. The van der Waals surface area contributed by atoms with Gasteiger partial charge in [0.1, 0.15) is 11.7 Å². The van der Waals surface area contributed by atoms with E-state index in [0.717, 1.165) is 0 Å². The van der Waals surface area contributed by atoms with Gasteiger partial charge in [-0.25, -0.2) is 4.79 Å². The number of carboxylic acids is 1. The molecule has 0 aliphatic rings. The predicted octanol–water partition coefficient (Wildman–Crippen LogP) is 0.134. The summed E-state index contributed by atoms with van der Waals surface area (Å²) in [5.74, 6) is -1.80. The molecule has 0 fully saturated rings. The van der Waals surface area contributed by atoms with Crippen molar-refractivity contribution in [1.29, 1.82) is 0 Å². The lowest BCUT2D eigenvalue weighted by molar-refractivity contribution is -0.139. The third-order valence-corrected chi connectivity index (χ3v) is 2.02. The number of hydrogen-bond donors (Lipinski definition) is 3. The Morgan fingerprint density at radius 2 is 2.24 bits per heavy atom. The lowest BCUT2D eigenvalue weighted by Crippen LogP contribution is -2.41. The molecule has 1 aromatic heterocycles. The molecule has 17 heavy (non-hydrogen) atoms. The monoisotopic (exact) mass is 236 g/mol. The summed E-state index contributed by atoms with van der Waals surface area (Å²) in [6, 6.07) is 3.01. The van der Waals surface area contributed by atoms with Crippen LogP contribution in [0.25, 0.3) is 0 Å². The maximum atomic E-state index is 11.6. The van der Waals surface area contributed by atoms with Gasteiger partial charge >= 0.3 is 5.97 Å². The van der Waals surface area contributed by atoms with Crippen molar-refractivity contribution in [2.75, 3.05) is 0 Å². The van der Waals surface area contributed by atoms with E-state index in [1.54, 1.807) is 0 Å². The normalized spacial score (nSPS) is 11.5. The summed E-state index contributed by atoms with van der Waals surface area (Å²) >= 11 is 0. The smallest absolute Gasteiger partial charge is 0.326 e. The van der Waals surface area contributed by atoms with Gasteiger partial charge in [0.2, 0.25) is 5.56 Å². The van der Waals surface area contributed by atoms with Gasteiger partial charge in [-0.05, 0) is 12.5 Å². The third kappa shape index (κ3) is 3.60. The van der Waals surface area contributed by atoms with Crippen LogP contribution in [-0.4, -0.2) is 28.0 Å². The molecule has 6 heteroatoms. The zero-order chi connectivity index (χ0) is 12.8. The second-order valence-corrected chi connectivity index (χ2v) is 3.32. The average Bonchev–Trinajstić information content (AvgIpc) is 2.28. The number of aliphatic carboxylic acids is 1. The summed E-state index contributed by atoms with van der Waals surface area (Å²) in [7, 11) is 0. The summed E-state index contributed by atoms with van der Waals surface area (Å²) in [6.45, 7) is 3.40. The van der Waals surface area contributed by atoms with Crippen LogP contribution in [0.4, 0.5) is 0 Å². The summed E-state index contributed by atoms with van der Waals surface area (Å²) in [5, 5.41) is 11.1. The molecular formula is C11H12N2O4. The molecule has 1 unspecified atom stereocenters. The van der Waals surface area contributed by atoms with Crippen molar-refractivity contribution < 1.29 is 14.7 Å². The standard InChI is InChI=1S/C11H12N2O4/c1-2-4-8(11(16)17)13-10(15)7-5-3-6-9(14)12-7/h2-3,5-6,8H,1,4H2,(H,12,14)(H,13,15)(H,16,17). The van der Waals surface area contributed by atoms with Gasteiger partial charge in [-0.3, -0.25) is 9.59 Å². The van der Waals surface area contributed by atoms with E-state index in [0.29, 0.717) is 0 Å². The number of aromatic amines is 1. The van der Waals surface area contributed by atoms with Crippen LogP contribution in [0.3, 0.4) is 0 Å². The molecule has 90 valence electrons. The zero-order valence-corrected chi connectivity index (χ0v) is 8.97. The molecule has 1 aromatic rings. The number of carboxylic acid groups (broad SMARTS) is 1. The molecule has 1 atom stereocenters.